The van der Waals surface area contributed by atoms with Gasteiger partial charge in [-0.25, -0.2) is 9.18 Å². The summed E-state index contributed by atoms with van der Waals surface area (Å²) in [5.41, 5.74) is 1.50. The molecular formula is C21H30FN3O2S. The van der Waals surface area contributed by atoms with Crippen LogP contribution in [-0.4, -0.2) is 58.9 Å². The lowest BCUT2D eigenvalue weighted by Gasteiger charge is -2.41. The Kier molecular flexibility index (Phi) is 6.86. The van der Waals surface area contributed by atoms with E-state index in [1.54, 1.807) is 17.9 Å². The molecule has 154 valence electrons. The van der Waals surface area contributed by atoms with Gasteiger partial charge in [0.25, 0.3) is 0 Å². The first-order chi connectivity index (χ1) is 13.4. The molecule has 0 aliphatic carbocycles. The largest absolute Gasteiger partial charge is 0.341 e. The highest BCUT2D eigenvalue weighted by Crippen LogP contribution is 2.35. The first-order valence-electron chi connectivity index (χ1n) is 10.1. The summed E-state index contributed by atoms with van der Waals surface area (Å²) in [7, 11) is 0. The number of nitrogens with one attached hydrogen (secondary N) is 1. The van der Waals surface area contributed by atoms with Crippen LogP contribution in [0.5, 0.6) is 0 Å². The van der Waals surface area contributed by atoms with Crippen molar-refractivity contribution in [2.75, 3.05) is 31.1 Å². The maximum absolute atomic E-state index is 13.7. The monoisotopic (exact) mass is 407 g/mol. The maximum atomic E-state index is 13.7. The van der Waals surface area contributed by atoms with E-state index in [0.717, 1.165) is 36.6 Å². The minimum atomic E-state index is -0.242. The zero-order valence-electron chi connectivity index (χ0n) is 16.9. The highest BCUT2D eigenvalue weighted by molar-refractivity contribution is 7.99. The van der Waals surface area contributed by atoms with Gasteiger partial charge in [0.2, 0.25) is 5.91 Å². The summed E-state index contributed by atoms with van der Waals surface area (Å²) in [6.45, 7) is 7.57. The second-order valence-electron chi connectivity index (χ2n) is 7.99. The number of benzene rings is 1. The van der Waals surface area contributed by atoms with Crippen LogP contribution in [0.2, 0.25) is 0 Å². The van der Waals surface area contributed by atoms with E-state index < -0.39 is 0 Å². The number of likely N-dealkylation sites (tertiary alicyclic amines) is 1. The molecule has 0 bridgehead atoms. The molecule has 2 aliphatic heterocycles. The molecular weight excluding hydrogens is 377 g/mol. The number of carbonyl (C=O) groups is 2. The Balaban J connectivity index is 1.80. The summed E-state index contributed by atoms with van der Waals surface area (Å²) in [4.78, 5) is 29.6. The normalized spacial score (nSPS) is 23.0. The molecule has 1 aromatic rings. The van der Waals surface area contributed by atoms with Gasteiger partial charge in [-0.1, -0.05) is 12.1 Å². The molecule has 1 N–H and O–H groups in total. The van der Waals surface area contributed by atoms with Crippen molar-refractivity contribution in [1.29, 1.82) is 0 Å². The lowest BCUT2D eigenvalue weighted by atomic mass is 9.87. The number of hydrogen-bond acceptors (Lipinski definition) is 3. The zero-order valence-corrected chi connectivity index (χ0v) is 17.7. The van der Waals surface area contributed by atoms with E-state index in [4.69, 9.17) is 0 Å². The summed E-state index contributed by atoms with van der Waals surface area (Å²) < 4.78 is 13.7. The molecule has 2 unspecified atom stereocenters. The van der Waals surface area contributed by atoms with E-state index in [9.17, 15) is 14.0 Å². The number of thioether (sulfide) groups is 1. The van der Waals surface area contributed by atoms with Crippen LogP contribution in [0.25, 0.3) is 0 Å². The highest BCUT2D eigenvalue weighted by atomic mass is 32.2. The van der Waals surface area contributed by atoms with E-state index in [1.807, 2.05) is 36.6 Å². The zero-order chi connectivity index (χ0) is 20.3. The molecule has 0 spiro atoms. The van der Waals surface area contributed by atoms with Gasteiger partial charge in [0.05, 0.1) is 12.0 Å². The minimum absolute atomic E-state index is 0.0123. The van der Waals surface area contributed by atoms with Gasteiger partial charge in [-0.2, -0.15) is 11.8 Å². The molecule has 3 rings (SSSR count). The second-order valence-corrected chi connectivity index (χ2v) is 9.22. The molecule has 2 heterocycles. The van der Waals surface area contributed by atoms with Crippen LogP contribution in [0.3, 0.4) is 0 Å². The number of rotatable bonds is 3. The average molecular weight is 408 g/mol. The van der Waals surface area contributed by atoms with Crippen LogP contribution in [-0.2, 0) is 4.79 Å². The van der Waals surface area contributed by atoms with Crippen LogP contribution in [0.4, 0.5) is 9.18 Å². The number of urea groups is 1. The number of nitrogens with zero attached hydrogens (tertiary/aromatic N) is 2. The Labute approximate surface area is 171 Å². The Morgan fingerprint density at radius 2 is 1.93 bits per heavy atom. The van der Waals surface area contributed by atoms with Crippen molar-refractivity contribution in [3.63, 3.8) is 0 Å². The Morgan fingerprint density at radius 1 is 1.21 bits per heavy atom. The molecule has 2 atom stereocenters. The third-order valence-corrected chi connectivity index (χ3v) is 6.44. The van der Waals surface area contributed by atoms with Gasteiger partial charge in [-0.05, 0) is 50.8 Å². The van der Waals surface area contributed by atoms with Crippen molar-refractivity contribution >= 4 is 23.7 Å². The maximum Gasteiger partial charge on any atom is 0.318 e. The summed E-state index contributed by atoms with van der Waals surface area (Å²) in [6.07, 6.45) is 1.45. The van der Waals surface area contributed by atoms with E-state index in [-0.39, 0.29) is 35.8 Å². The molecule has 2 saturated heterocycles. The topological polar surface area (TPSA) is 52.7 Å². The number of hydrogen-bond donors (Lipinski definition) is 1. The Morgan fingerprint density at radius 3 is 2.57 bits per heavy atom. The molecule has 0 saturated carbocycles. The van der Waals surface area contributed by atoms with Gasteiger partial charge >= 0.3 is 6.03 Å². The fraction of sp³-hybridized carbons (Fsp3) is 0.619. The lowest BCUT2D eigenvalue weighted by Crippen LogP contribution is -2.52. The first-order valence-corrected chi connectivity index (χ1v) is 11.2. The summed E-state index contributed by atoms with van der Waals surface area (Å²) in [5, 5.41) is 2.96. The predicted octanol–water partition coefficient (Wildman–Crippen LogP) is 3.58. The second kappa shape index (κ2) is 9.16. The van der Waals surface area contributed by atoms with Gasteiger partial charge in [0.1, 0.15) is 5.82 Å². The number of carbonyl (C=O) groups excluding carboxylic acids is 2. The van der Waals surface area contributed by atoms with Crippen LogP contribution in [0, 0.1) is 18.7 Å². The van der Waals surface area contributed by atoms with Gasteiger partial charge in [0, 0.05) is 37.2 Å². The van der Waals surface area contributed by atoms with Gasteiger partial charge < -0.3 is 15.1 Å². The van der Waals surface area contributed by atoms with Crippen molar-refractivity contribution in [3.05, 3.63) is 35.1 Å². The van der Waals surface area contributed by atoms with Gasteiger partial charge in [-0.3, -0.25) is 4.79 Å². The van der Waals surface area contributed by atoms with Crippen LogP contribution >= 0.6 is 11.8 Å². The fourth-order valence-electron chi connectivity index (χ4n) is 3.99. The Hall–Kier alpha value is -1.76. The third-order valence-electron chi connectivity index (χ3n) is 5.49. The lowest BCUT2D eigenvalue weighted by molar-refractivity contribution is -0.137. The minimum Gasteiger partial charge on any atom is -0.341 e. The standard InChI is InChI=1S/C21H30FN3O2S/c1-14(2)23-21(27)25-13-17(20(26)24-8-10-28-11-9-24)5-7-19(25)16-4-6-18(22)15(3)12-16/h4,6,12,14,17,19H,5,7-11,13H2,1-3H3,(H,23,27). The molecule has 3 amide bonds. The van der Waals surface area contributed by atoms with E-state index in [0.29, 0.717) is 18.5 Å². The van der Waals surface area contributed by atoms with Crippen LogP contribution in [0.1, 0.15) is 43.9 Å². The molecule has 7 heteroatoms. The molecule has 2 fully saturated rings. The Bertz CT molecular complexity index is 722. The van der Waals surface area contributed by atoms with Gasteiger partial charge in [-0.15, -0.1) is 0 Å². The van der Waals surface area contributed by atoms with Gasteiger partial charge in [0.15, 0.2) is 0 Å². The number of piperidine rings is 1. The van der Waals surface area contributed by atoms with E-state index in [1.165, 1.54) is 6.07 Å². The molecule has 28 heavy (non-hydrogen) atoms. The van der Waals surface area contributed by atoms with E-state index >= 15 is 0 Å². The average Bonchev–Trinajstić information content (AvgIpc) is 2.69. The predicted molar refractivity (Wildman–Crippen MR) is 111 cm³/mol. The summed E-state index contributed by atoms with van der Waals surface area (Å²) >= 11 is 1.88. The summed E-state index contributed by atoms with van der Waals surface area (Å²) in [6, 6.07) is 4.75. The third kappa shape index (κ3) is 4.80. The van der Waals surface area contributed by atoms with Crippen molar-refractivity contribution in [1.82, 2.24) is 15.1 Å². The summed E-state index contributed by atoms with van der Waals surface area (Å²) in [5.74, 6) is 1.71. The van der Waals surface area contributed by atoms with Crippen molar-refractivity contribution < 1.29 is 14.0 Å². The molecule has 0 aromatic heterocycles. The van der Waals surface area contributed by atoms with Crippen molar-refractivity contribution in [2.45, 2.75) is 45.7 Å². The quantitative estimate of drug-likeness (QED) is 0.833. The number of halogens is 1. The molecule has 2 aliphatic rings. The van der Waals surface area contributed by atoms with Crippen molar-refractivity contribution in [3.8, 4) is 0 Å². The SMILES string of the molecule is Cc1cc(C2CCC(C(=O)N3CCSCC3)CN2C(=O)NC(C)C)ccc1F. The first kappa shape index (κ1) is 21.0. The number of aryl methyl sites for hydroxylation is 1. The smallest absolute Gasteiger partial charge is 0.318 e. The van der Waals surface area contributed by atoms with E-state index in [2.05, 4.69) is 5.32 Å². The molecule has 5 nitrogen and oxygen atoms in total. The molecule has 1 aromatic carbocycles. The fourth-order valence-corrected chi connectivity index (χ4v) is 4.89. The van der Waals surface area contributed by atoms with Crippen LogP contribution in [0.15, 0.2) is 18.2 Å². The highest BCUT2D eigenvalue weighted by Gasteiger charge is 2.37. The van der Waals surface area contributed by atoms with Crippen LogP contribution < -0.4 is 5.32 Å². The molecule has 0 radical (unpaired) electrons. The van der Waals surface area contributed by atoms with Crippen molar-refractivity contribution in [2.24, 2.45) is 5.92 Å². The number of amides is 3.